The van der Waals surface area contributed by atoms with Crippen molar-refractivity contribution in [1.82, 2.24) is 5.32 Å². The predicted molar refractivity (Wildman–Crippen MR) is 80.5 cm³/mol. The van der Waals surface area contributed by atoms with Crippen LogP contribution in [-0.4, -0.2) is 0 Å². The predicted octanol–water partition coefficient (Wildman–Crippen LogP) is 4.62. The average molecular weight is 280 g/mol. The summed E-state index contributed by atoms with van der Waals surface area (Å²) in [6.07, 6.45) is 0. The SMILES string of the molecule is Cc1ccc(CNCc2cc(C)c(C)s2)cc1Cl. The monoisotopic (exact) mass is 279 g/mol. The zero-order valence-corrected chi connectivity index (χ0v) is 12.6. The van der Waals surface area contributed by atoms with Crippen LogP contribution in [0.2, 0.25) is 5.02 Å². The number of hydrogen-bond acceptors (Lipinski definition) is 2. The van der Waals surface area contributed by atoms with Crippen LogP contribution in [0.25, 0.3) is 0 Å². The lowest BCUT2D eigenvalue weighted by atomic mass is 10.1. The maximum atomic E-state index is 6.11. The van der Waals surface area contributed by atoms with Gasteiger partial charge in [-0.3, -0.25) is 0 Å². The van der Waals surface area contributed by atoms with E-state index in [1.54, 1.807) is 0 Å². The molecule has 0 aliphatic rings. The Kier molecular flexibility index (Phi) is 4.44. The highest BCUT2D eigenvalue weighted by atomic mass is 35.5. The van der Waals surface area contributed by atoms with Gasteiger partial charge in [-0.05, 0) is 49.6 Å². The smallest absolute Gasteiger partial charge is 0.0438 e. The van der Waals surface area contributed by atoms with Crippen LogP contribution < -0.4 is 5.32 Å². The number of aryl methyl sites for hydroxylation is 3. The van der Waals surface area contributed by atoms with Crippen LogP contribution >= 0.6 is 22.9 Å². The first kappa shape index (κ1) is 13.6. The minimum atomic E-state index is 0.845. The second-order valence-corrected chi connectivity index (χ2v) is 6.39. The van der Waals surface area contributed by atoms with E-state index in [2.05, 4.69) is 37.4 Å². The molecule has 3 heteroatoms. The molecule has 0 spiro atoms. The van der Waals surface area contributed by atoms with Gasteiger partial charge in [-0.1, -0.05) is 23.7 Å². The van der Waals surface area contributed by atoms with E-state index in [0.717, 1.165) is 23.7 Å². The summed E-state index contributed by atoms with van der Waals surface area (Å²) in [5.74, 6) is 0. The van der Waals surface area contributed by atoms with E-state index in [-0.39, 0.29) is 0 Å². The second-order valence-electron chi connectivity index (χ2n) is 4.64. The van der Waals surface area contributed by atoms with Crippen LogP contribution in [0.3, 0.4) is 0 Å². The summed E-state index contributed by atoms with van der Waals surface area (Å²) in [5.41, 5.74) is 3.75. The first-order valence-corrected chi connectivity index (χ1v) is 7.27. The molecule has 0 aliphatic heterocycles. The minimum absolute atomic E-state index is 0.845. The molecule has 0 atom stereocenters. The number of hydrogen-bond donors (Lipinski definition) is 1. The highest BCUT2D eigenvalue weighted by molar-refractivity contribution is 7.12. The molecule has 0 fully saturated rings. The molecule has 0 bridgehead atoms. The molecule has 1 heterocycles. The summed E-state index contributed by atoms with van der Waals surface area (Å²) < 4.78 is 0. The summed E-state index contributed by atoms with van der Waals surface area (Å²) in [4.78, 5) is 2.80. The van der Waals surface area contributed by atoms with Crippen LogP contribution in [-0.2, 0) is 13.1 Å². The maximum Gasteiger partial charge on any atom is 0.0438 e. The van der Waals surface area contributed by atoms with Gasteiger partial charge >= 0.3 is 0 Å². The van der Waals surface area contributed by atoms with E-state index in [9.17, 15) is 0 Å². The number of benzene rings is 1. The molecule has 2 aromatic rings. The van der Waals surface area contributed by atoms with E-state index in [1.807, 2.05) is 24.3 Å². The fourth-order valence-electron chi connectivity index (χ4n) is 1.81. The molecule has 0 radical (unpaired) electrons. The first-order chi connectivity index (χ1) is 8.56. The first-order valence-electron chi connectivity index (χ1n) is 6.08. The Morgan fingerprint density at radius 3 is 2.44 bits per heavy atom. The van der Waals surface area contributed by atoms with Crippen molar-refractivity contribution in [2.45, 2.75) is 33.9 Å². The lowest BCUT2D eigenvalue weighted by molar-refractivity contribution is 0.700. The van der Waals surface area contributed by atoms with Crippen LogP contribution in [0.5, 0.6) is 0 Å². The van der Waals surface area contributed by atoms with Crippen LogP contribution in [0.4, 0.5) is 0 Å². The molecule has 0 unspecified atom stereocenters. The lowest BCUT2D eigenvalue weighted by Gasteiger charge is -2.05. The third kappa shape index (κ3) is 3.35. The standard InChI is InChI=1S/C15H18ClNS/c1-10-4-5-13(7-15(10)16)8-17-9-14-6-11(2)12(3)18-14/h4-7,17H,8-9H2,1-3H3. The van der Waals surface area contributed by atoms with Gasteiger partial charge in [-0.25, -0.2) is 0 Å². The third-order valence-electron chi connectivity index (χ3n) is 3.08. The maximum absolute atomic E-state index is 6.11. The Labute approximate surface area is 118 Å². The van der Waals surface area contributed by atoms with Gasteiger partial charge in [0.15, 0.2) is 0 Å². The van der Waals surface area contributed by atoms with E-state index >= 15 is 0 Å². The number of nitrogens with one attached hydrogen (secondary N) is 1. The Bertz CT molecular complexity index is 526. The molecular formula is C15H18ClNS. The Morgan fingerprint density at radius 1 is 1.06 bits per heavy atom. The molecule has 1 nitrogen and oxygen atoms in total. The van der Waals surface area contributed by atoms with E-state index in [0.29, 0.717) is 0 Å². The molecule has 2 rings (SSSR count). The van der Waals surface area contributed by atoms with Gasteiger partial charge in [0.25, 0.3) is 0 Å². The van der Waals surface area contributed by atoms with Gasteiger partial charge in [0.05, 0.1) is 0 Å². The van der Waals surface area contributed by atoms with Crippen LogP contribution in [0.15, 0.2) is 24.3 Å². The average Bonchev–Trinajstić information content (AvgIpc) is 2.63. The largest absolute Gasteiger partial charge is 0.308 e. The van der Waals surface area contributed by atoms with Gasteiger partial charge in [-0.15, -0.1) is 11.3 Å². The van der Waals surface area contributed by atoms with Crippen molar-refractivity contribution >= 4 is 22.9 Å². The summed E-state index contributed by atoms with van der Waals surface area (Å²) in [6, 6.07) is 8.49. The van der Waals surface area contributed by atoms with Gasteiger partial charge in [0.2, 0.25) is 0 Å². The van der Waals surface area contributed by atoms with Gasteiger partial charge in [0, 0.05) is 27.9 Å². The fourth-order valence-corrected chi connectivity index (χ4v) is 3.04. The van der Waals surface area contributed by atoms with Crippen LogP contribution in [0, 0.1) is 20.8 Å². The molecular weight excluding hydrogens is 262 g/mol. The van der Waals surface area contributed by atoms with Crippen molar-refractivity contribution in [2.24, 2.45) is 0 Å². The van der Waals surface area contributed by atoms with Gasteiger partial charge in [0.1, 0.15) is 0 Å². The highest BCUT2D eigenvalue weighted by Gasteiger charge is 2.02. The van der Waals surface area contributed by atoms with Crippen molar-refractivity contribution < 1.29 is 0 Å². The molecule has 0 saturated carbocycles. The van der Waals surface area contributed by atoms with E-state index in [4.69, 9.17) is 11.6 Å². The lowest BCUT2D eigenvalue weighted by Crippen LogP contribution is -2.11. The molecule has 18 heavy (non-hydrogen) atoms. The Morgan fingerprint density at radius 2 is 1.83 bits per heavy atom. The summed E-state index contributed by atoms with van der Waals surface area (Å²) >= 11 is 7.97. The topological polar surface area (TPSA) is 12.0 Å². The number of halogens is 1. The van der Waals surface area contributed by atoms with Crippen molar-refractivity contribution in [3.05, 3.63) is 55.7 Å². The molecule has 96 valence electrons. The molecule has 0 aliphatic carbocycles. The zero-order valence-electron chi connectivity index (χ0n) is 11.0. The van der Waals surface area contributed by atoms with Crippen molar-refractivity contribution in [3.8, 4) is 0 Å². The molecule has 1 N–H and O–H groups in total. The normalized spacial score (nSPS) is 10.9. The molecule has 1 aromatic carbocycles. The van der Waals surface area contributed by atoms with Crippen molar-refractivity contribution in [1.29, 1.82) is 0 Å². The quantitative estimate of drug-likeness (QED) is 0.861. The Balaban J connectivity index is 1.90. The van der Waals surface area contributed by atoms with Crippen molar-refractivity contribution in [2.75, 3.05) is 0 Å². The molecule has 0 amide bonds. The molecule has 1 aromatic heterocycles. The van der Waals surface area contributed by atoms with Gasteiger partial charge < -0.3 is 5.32 Å². The highest BCUT2D eigenvalue weighted by Crippen LogP contribution is 2.20. The summed E-state index contributed by atoms with van der Waals surface area (Å²) in [7, 11) is 0. The Hall–Kier alpha value is -0.830. The van der Waals surface area contributed by atoms with Crippen molar-refractivity contribution in [3.63, 3.8) is 0 Å². The zero-order chi connectivity index (χ0) is 13.1. The summed E-state index contributed by atoms with van der Waals surface area (Å²) in [6.45, 7) is 8.13. The van der Waals surface area contributed by atoms with Gasteiger partial charge in [-0.2, -0.15) is 0 Å². The molecule has 0 saturated heterocycles. The minimum Gasteiger partial charge on any atom is -0.308 e. The second kappa shape index (κ2) is 5.87. The number of rotatable bonds is 4. The van der Waals surface area contributed by atoms with Crippen LogP contribution in [0.1, 0.15) is 26.4 Å². The third-order valence-corrected chi connectivity index (χ3v) is 4.64. The fraction of sp³-hybridized carbons (Fsp3) is 0.333. The summed E-state index contributed by atoms with van der Waals surface area (Å²) in [5, 5.41) is 4.30. The number of thiophene rings is 1. The van der Waals surface area contributed by atoms with E-state index < -0.39 is 0 Å². The van der Waals surface area contributed by atoms with E-state index in [1.165, 1.54) is 20.9 Å².